The summed E-state index contributed by atoms with van der Waals surface area (Å²) in [5.41, 5.74) is 2.59. The monoisotopic (exact) mass is 458 g/mol. The molecule has 0 saturated heterocycles. The summed E-state index contributed by atoms with van der Waals surface area (Å²) in [6.07, 6.45) is -1.36. The first-order valence-electron chi connectivity index (χ1n) is 10.4. The van der Waals surface area contributed by atoms with E-state index in [9.17, 15) is 23.1 Å². The number of amides is 1. The largest absolute Gasteiger partial charge is 0.488 e. The summed E-state index contributed by atoms with van der Waals surface area (Å²) in [7, 11) is 1.09. The zero-order chi connectivity index (χ0) is 24.0. The molecule has 3 aromatic rings. The fourth-order valence-electron chi connectivity index (χ4n) is 3.32. The van der Waals surface area contributed by atoms with Gasteiger partial charge in [0, 0.05) is 25.1 Å². The Morgan fingerprint density at radius 2 is 1.82 bits per heavy atom. The second kappa shape index (κ2) is 10.5. The van der Waals surface area contributed by atoms with Gasteiger partial charge in [0.1, 0.15) is 11.9 Å². The Labute approximate surface area is 190 Å². The van der Waals surface area contributed by atoms with Crippen molar-refractivity contribution >= 4 is 11.6 Å². The molecule has 174 valence electrons. The van der Waals surface area contributed by atoms with E-state index in [-0.39, 0.29) is 5.69 Å². The average molecular weight is 458 g/mol. The van der Waals surface area contributed by atoms with Crippen molar-refractivity contribution in [2.24, 2.45) is 0 Å². The van der Waals surface area contributed by atoms with Crippen LogP contribution in [0.4, 0.5) is 18.9 Å². The first-order valence-corrected chi connectivity index (χ1v) is 10.4. The summed E-state index contributed by atoms with van der Waals surface area (Å²) in [4.78, 5) is 16.1. The Bertz CT molecular complexity index is 1060. The number of alkyl halides is 3. The van der Waals surface area contributed by atoms with Crippen molar-refractivity contribution in [1.29, 1.82) is 0 Å². The molecule has 3 rings (SSSR count). The van der Waals surface area contributed by atoms with Crippen LogP contribution in [0.5, 0.6) is 5.75 Å². The third kappa shape index (κ3) is 6.55. The maximum atomic E-state index is 12.7. The molecule has 0 aliphatic carbocycles. The van der Waals surface area contributed by atoms with E-state index in [1.54, 1.807) is 55.7 Å². The Morgan fingerprint density at radius 3 is 2.45 bits per heavy atom. The maximum Gasteiger partial charge on any atom is 0.471 e. The molecule has 2 unspecified atom stereocenters. The number of pyridine rings is 1. The number of rotatable bonds is 8. The van der Waals surface area contributed by atoms with Gasteiger partial charge in [0.25, 0.3) is 0 Å². The van der Waals surface area contributed by atoms with Gasteiger partial charge >= 0.3 is 12.1 Å². The van der Waals surface area contributed by atoms with E-state index in [2.05, 4.69) is 4.98 Å². The van der Waals surface area contributed by atoms with Gasteiger partial charge in [-0.2, -0.15) is 13.2 Å². The van der Waals surface area contributed by atoms with Crippen molar-refractivity contribution in [1.82, 2.24) is 4.98 Å². The van der Waals surface area contributed by atoms with Gasteiger partial charge in [0.05, 0.1) is 6.10 Å². The quantitative estimate of drug-likeness (QED) is 0.514. The smallest absolute Gasteiger partial charge is 0.471 e. The van der Waals surface area contributed by atoms with E-state index in [0.717, 1.165) is 18.2 Å². The minimum absolute atomic E-state index is 0.139. The molecule has 2 atom stereocenters. The molecule has 1 amide bonds. The highest BCUT2D eigenvalue weighted by Gasteiger charge is 2.41. The number of aryl methyl sites for hydroxylation is 1. The molecule has 2 aromatic carbocycles. The normalized spacial score (nSPS) is 13.3. The maximum absolute atomic E-state index is 12.7. The molecule has 8 heteroatoms. The van der Waals surface area contributed by atoms with Crippen LogP contribution in [0.3, 0.4) is 0 Å². The predicted molar refractivity (Wildman–Crippen MR) is 120 cm³/mol. The number of benzene rings is 2. The van der Waals surface area contributed by atoms with Gasteiger partial charge in [0.15, 0.2) is 0 Å². The number of halogens is 3. The SMILES string of the molecule is CC(Oc1ccc(-c2cccc(N(C)C(=O)C(F)(F)F)c2)cc1)C(O)CCc1cccnc1. The predicted octanol–water partition coefficient (Wildman–Crippen LogP) is 5.03. The molecular weight excluding hydrogens is 433 g/mol. The molecule has 0 saturated carbocycles. The second-order valence-electron chi connectivity index (χ2n) is 7.73. The Morgan fingerprint density at radius 1 is 1.09 bits per heavy atom. The van der Waals surface area contributed by atoms with Crippen molar-refractivity contribution in [3.8, 4) is 16.9 Å². The summed E-state index contributed by atoms with van der Waals surface area (Å²) >= 11 is 0. The average Bonchev–Trinajstić information content (AvgIpc) is 2.82. The lowest BCUT2D eigenvalue weighted by Gasteiger charge is -2.21. The topological polar surface area (TPSA) is 62.7 Å². The molecule has 5 nitrogen and oxygen atoms in total. The summed E-state index contributed by atoms with van der Waals surface area (Å²) in [5.74, 6) is -1.37. The molecule has 33 heavy (non-hydrogen) atoms. The van der Waals surface area contributed by atoms with Crippen molar-refractivity contribution < 1.29 is 27.8 Å². The lowest BCUT2D eigenvalue weighted by atomic mass is 10.0. The molecule has 0 radical (unpaired) electrons. The molecule has 1 N–H and O–H groups in total. The molecule has 0 spiro atoms. The summed E-state index contributed by atoms with van der Waals surface area (Å²) in [5, 5.41) is 10.4. The Balaban J connectivity index is 1.62. The number of hydrogen-bond acceptors (Lipinski definition) is 4. The van der Waals surface area contributed by atoms with Crippen molar-refractivity contribution in [3.63, 3.8) is 0 Å². The highest BCUT2D eigenvalue weighted by Crippen LogP contribution is 2.28. The van der Waals surface area contributed by atoms with Gasteiger partial charge in [0.2, 0.25) is 0 Å². The van der Waals surface area contributed by atoms with Crippen molar-refractivity contribution in [2.75, 3.05) is 11.9 Å². The van der Waals surface area contributed by atoms with Crippen LogP contribution in [-0.4, -0.2) is 41.4 Å². The molecular formula is C25H25F3N2O3. The van der Waals surface area contributed by atoms with Gasteiger partial charge < -0.3 is 14.7 Å². The van der Waals surface area contributed by atoms with Crippen LogP contribution < -0.4 is 9.64 Å². The van der Waals surface area contributed by atoms with Crippen LogP contribution in [0, 0.1) is 0 Å². The number of carbonyl (C=O) groups excluding carboxylic acids is 1. The first kappa shape index (κ1) is 24.3. The molecule has 0 fully saturated rings. The van der Waals surface area contributed by atoms with Crippen LogP contribution in [0.2, 0.25) is 0 Å². The lowest BCUT2D eigenvalue weighted by molar-refractivity contribution is -0.170. The van der Waals surface area contributed by atoms with Crippen molar-refractivity contribution in [3.05, 3.63) is 78.6 Å². The first-order chi connectivity index (χ1) is 15.6. The van der Waals surface area contributed by atoms with Crippen LogP contribution in [-0.2, 0) is 11.2 Å². The van der Waals surface area contributed by atoms with Crippen molar-refractivity contribution in [2.45, 2.75) is 38.1 Å². The standard InChI is InChI=1S/C25H25F3N2O3/c1-17(23(31)13-8-18-5-4-14-29-16-18)33-22-11-9-19(10-12-22)20-6-3-7-21(15-20)30(2)24(32)25(26,27)28/h3-7,9-12,14-17,23,31H,8,13H2,1-2H3. The molecule has 0 aliphatic rings. The number of aliphatic hydroxyl groups is 1. The molecule has 0 bridgehead atoms. The van der Waals surface area contributed by atoms with Crippen LogP contribution in [0.15, 0.2) is 73.1 Å². The van der Waals surface area contributed by atoms with E-state index < -0.39 is 24.3 Å². The minimum Gasteiger partial charge on any atom is -0.488 e. The van der Waals surface area contributed by atoms with Gasteiger partial charge in [-0.05, 0) is 66.8 Å². The van der Waals surface area contributed by atoms with Crippen LogP contribution in [0.1, 0.15) is 18.9 Å². The highest BCUT2D eigenvalue weighted by atomic mass is 19.4. The van der Waals surface area contributed by atoms with E-state index in [1.165, 1.54) is 12.1 Å². The number of hydrogen-bond donors (Lipinski definition) is 1. The molecule has 1 aromatic heterocycles. The number of nitrogens with zero attached hydrogens (tertiary/aromatic N) is 2. The second-order valence-corrected chi connectivity index (χ2v) is 7.73. The highest BCUT2D eigenvalue weighted by molar-refractivity contribution is 5.97. The summed E-state index contributed by atoms with van der Waals surface area (Å²) in [6, 6.07) is 17.1. The summed E-state index contributed by atoms with van der Waals surface area (Å²) < 4.78 is 44.0. The fourth-order valence-corrected chi connectivity index (χ4v) is 3.32. The number of ether oxygens (including phenoxy) is 1. The van der Waals surface area contributed by atoms with Gasteiger partial charge in [-0.25, -0.2) is 0 Å². The number of aromatic nitrogens is 1. The number of aliphatic hydroxyl groups excluding tert-OH is 1. The third-order valence-corrected chi connectivity index (χ3v) is 5.28. The van der Waals surface area contributed by atoms with Gasteiger partial charge in [-0.3, -0.25) is 9.78 Å². The van der Waals surface area contributed by atoms with E-state index in [4.69, 9.17) is 4.74 Å². The molecule has 1 heterocycles. The van der Waals surface area contributed by atoms with E-state index >= 15 is 0 Å². The Hall–Kier alpha value is -3.39. The lowest BCUT2D eigenvalue weighted by Crippen LogP contribution is -2.38. The van der Waals surface area contributed by atoms with E-state index in [0.29, 0.717) is 29.1 Å². The zero-order valence-corrected chi connectivity index (χ0v) is 18.3. The van der Waals surface area contributed by atoms with Crippen LogP contribution >= 0.6 is 0 Å². The van der Waals surface area contributed by atoms with Gasteiger partial charge in [-0.15, -0.1) is 0 Å². The zero-order valence-electron chi connectivity index (χ0n) is 18.3. The summed E-state index contributed by atoms with van der Waals surface area (Å²) in [6.45, 7) is 1.79. The number of carbonyl (C=O) groups is 1. The van der Waals surface area contributed by atoms with Gasteiger partial charge in [-0.1, -0.05) is 30.3 Å². The van der Waals surface area contributed by atoms with Crippen LogP contribution in [0.25, 0.3) is 11.1 Å². The minimum atomic E-state index is -4.94. The third-order valence-electron chi connectivity index (χ3n) is 5.28. The fraction of sp³-hybridized carbons (Fsp3) is 0.280. The Kier molecular flexibility index (Phi) is 7.71. The molecule has 0 aliphatic heterocycles. The van der Waals surface area contributed by atoms with E-state index in [1.807, 2.05) is 12.1 Å². The number of anilines is 1.